The minimum atomic E-state index is 0.353. The Kier molecular flexibility index (Phi) is 2.87. The van der Waals surface area contributed by atoms with Gasteiger partial charge in [0.25, 0.3) is 0 Å². The van der Waals surface area contributed by atoms with Crippen molar-refractivity contribution in [3.05, 3.63) is 0 Å². The van der Waals surface area contributed by atoms with E-state index in [1.54, 1.807) is 0 Å². The Bertz CT molecular complexity index is 359. The quantitative estimate of drug-likeness (QED) is 0.844. The molecule has 0 radical (unpaired) electrons. The van der Waals surface area contributed by atoms with Crippen molar-refractivity contribution < 1.29 is 4.79 Å². The van der Waals surface area contributed by atoms with Crippen LogP contribution in [0.25, 0.3) is 0 Å². The average Bonchev–Trinajstić information content (AvgIpc) is 2.98. The number of rotatable bonds is 3. The Hall–Kier alpha value is -0.570. The monoisotopic (exact) mass is 262 g/mol. The van der Waals surface area contributed by atoms with Crippen LogP contribution in [0.2, 0.25) is 0 Å². The highest BCUT2D eigenvalue weighted by atomic mass is 16.1. The summed E-state index contributed by atoms with van der Waals surface area (Å²) in [4.78, 5) is 14.7. The van der Waals surface area contributed by atoms with Gasteiger partial charge in [-0.05, 0) is 69.7 Å². The number of fused-ring (bicyclic) bond motifs is 3. The number of carbonyl (C=O) groups is 1. The molecule has 0 aromatic heterocycles. The molecule has 2 heterocycles. The Balaban J connectivity index is 1.25. The highest BCUT2D eigenvalue weighted by Gasteiger charge is 2.48. The third-order valence-corrected chi connectivity index (χ3v) is 6.38. The second-order valence-electron chi connectivity index (χ2n) is 7.56. The zero-order chi connectivity index (χ0) is 13.0. The van der Waals surface area contributed by atoms with E-state index in [1.165, 1.54) is 44.9 Å². The lowest BCUT2D eigenvalue weighted by Gasteiger charge is -2.36. The van der Waals surface area contributed by atoms with E-state index in [4.69, 9.17) is 0 Å². The zero-order valence-electron chi connectivity index (χ0n) is 12.0. The van der Waals surface area contributed by atoms with Gasteiger partial charge in [0.1, 0.15) is 0 Å². The normalized spacial score (nSPS) is 48.1. The third kappa shape index (κ3) is 2.20. The number of amides is 1. The average molecular weight is 262 g/mol. The third-order valence-electron chi connectivity index (χ3n) is 6.38. The molecule has 0 aromatic rings. The number of piperidine rings is 1. The van der Waals surface area contributed by atoms with E-state index < -0.39 is 0 Å². The number of nitrogens with zero attached hydrogens (tertiary/aromatic N) is 1. The van der Waals surface area contributed by atoms with E-state index in [2.05, 4.69) is 17.3 Å². The van der Waals surface area contributed by atoms with Gasteiger partial charge in [0.05, 0.1) is 0 Å². The molecule has 1 amide bonds. The van der Waals surface area contributed by atoms with Crippen molar-refractivity contribution in [1.82, 2.24) is 10.2 Å². The molecule has 1 N–H and O–H groups in total. The van der Waals surface area contributed by atoms with Gasteiger partial charge >= 0.3 is 0 Å². The van der Waals surface area contributed by atoms with Gasteiger partial charge in [-0.1, -0.05) is 0 Å². The summed E-state index contributed by atoms with van der Waals surface area (Å²) in [6.07, 6.45) is 9.09. The summed E-state index contributed by atoms with van der Waals surface area (Å²) in [5, 5.41) is 3.26. The zero-order valence-corrected chi connectivity index (χ0v) is 12.0. The predicted octanol–water partition coefficient (Wildman–Crippen LogP) is 2.02. The molecule has 2 aliphatic carbocycles. The fourth-order valence-electron chi connectivity index (χ4n) is 5.01. The SMILES string of the molecule is CN1C2CCC1CC(CNC(=O)C1CC3CC3C1)C2. The van der Waals surface area contributed by atoms with Crippen LogP contribution in [0.1, 0.15) is 44.9 Å². The lowest BCUT2D eigenvalue weighted by molar-refractivity contribution is -0.125. The van der Waals surface area contributed by atoms with Gasteiger partial charge in [-0.2, -0.15) is 0 Å². The van der Waals surface area contributed by atoms with Crippen molar-refractivity contribution in [3.8, 4) is 0 Å². The van der Waals surface area contributed by atoms with Crippen LogP contribution in [0, 0.1) is 23.7 Å². The first-order valence-corrected chi connectivity index (χ1v) is 8.20. The second-order valence-corrected chi connectivity index (χ2v) is 7.56. The maximum Gasteiger partial charge on any atom is 0.223 e. The first-order chi connectivity index (χ1) is 9.20. The molecule has 4 aliphatic rings. The van der Waals surface area contributed by atoms with Crippen molar-refractivity contribution in [2.45, 2.75) is 57.0 Å². The molecule has 4 rings (SSSR count). The molecule has 19 heavy (non-hydrogen) atoms. The molecule has 3 nitrogen and oxygen atoms in total. The van der Waals surface area contributed by atoms with Crippen molar-refractivity contribution in [1.29, 1.82) is 0 Å². The second kappa shape index (κ2) is 4.47. The van der Waals surface area contributed by atoms with Gasteiger partial charge in [0.2, 0.25) is 5.91 Å². The van der Waals surface area contributed by atoms with E-state index in [0.29, 0.717) is 11.8 Å². The molecule has 4 fully saturated rings. The molecule has 4 atom stereocenters. The molecule has 3 heteroatoms. The standard InChI is InChI=1S/C16H26N2O/c1-18-14-2-3-15(18)5-10(4-14)9-17-16(19)13-7-11-6-12(11)8-13/h10-15H,2-9H2,1H3,(H,17,19). The number of nitrogens with one attached hydrogen (secondary N) is 1. The molecular formula is C16H26N2O. The van der Waals surface area contributed by atoms with Crippen LogP contribution in [-0.4, -0.2) is 36.5 Å². The van der Waals surface area contributed by atoms with Gasteiger partial charge in [-0.15, -0.1) is 0 Å². The molecule has 2 saturated heterocycles. The smallest absolute Gasteiger partial charge is 0.223 e. The summed E-state index contributed by atoms with van der Waals surface area (Å²) < 4.78 is 0. The first kappa shape index (κ1) is 12.2. The van der Waals surface area contributed by atoms with Crippen LogP contribution in [-0.2, 0) is 4.79 Å². The highest BCUT2D eigenvalue weighted by Crippen LogP contribution is 2.54. The number of hydrogen-bond donors (Lipinski definition) is 1. The molecule has 0 aromatic carbocycles. The van der Waals surface area contributed by atoms with Crippen LogP contribution in [0.5, 0.6) is 0 Å². The first-order valence-electron chi connectivity index (χ1n) is 8.20. The lowest BCUT2D eigenvalue weighted by atomic mass is 9.91. The Morgan fingerprint density at radius 1 is 1.05 bits per heavy atom. The van der Waals surface area contributed by atoms with Crippen LogP contribution in [0.15, 0.2) is 0 Å². The van der Waals surface area contributed by atoms with E-state index in [-0.39, 0.29) is 0 Å². The van der Waals surface area contributed by atoms with Gasteiger partial charge in [-0.3, -0.25) is 4.79 Å². The van der Waals surface area contributed by atoms with Crippen molar-refractivity contribution in [2.75, 3.05) is 13.6 Å². The van der Waals surface area contributed by atoms with Crippen molar-refractivity contribution in [2.24, 2.45) is 23.7 Å². The van der Waals surface area contributed by atoms with Crippen LogP contribution in [0.3, 0.4) is 0 Å². The minimum Gasteiger partial charge on any atom is -0.356 e. The summed E-state index contributed by atoms with van der Waals surface area (Å²) in [7, 11) is 2.28. The molecular weight excluding hydrogens is 236 g/mol. The molecule has 0 spiro atoms. The largest absolute Gasteiger partial charge is 0.356 e. The fraction of sp³-hybridized carbons (Fsp3) is 0.938. The Morgan fingerprint density at radius 3 is 2.32 bits per heavy atom. The summed E-state index contributed by atoms with van der Waals surface area (Å²) in [6, 6.07) is 1.58. The summed E-state index contributed by atoms with van der Waals surface area (Å²) in [6.45, 7) is 0.936. The molecule has 106 valence electrons. The van der Waals surface area contributed by atoms with Gasteiger partial charge in [0.15, 0.2) is 0 Å². The van der Waals surface area contributed by atoms with Crippen molar-refractivity contribution in [3.63, 3.8) is 0 Å². The molecule has 4 unspecified atom stereocenters. The number of carbonyl (C=O) groups excluding carboxylic acids is 1. The van der Waals surface area contributed by atoms with E-state index in [9.17, 15) is 4.79 Å². The van der Waals surface area contributed by atoms with Gasteiger partial charge in [0, 0.05) is 24.5 Å². The van der Waals surface area contributed by atoms with Crippen molar-refractivity contribution >= 4 is 5.91 Å². The minimum absolute atomic E-state index is 0.353. The Labute approximate surface area is 116 Å². The topological polar surface area (TPSA) is 32.3 Å². The van der Waals surface area contributed by atoms with Gasteiger partial charge in [-0.25, -0.2) is 0 Å². The summed E-state index contributed by atoms with van der Waals surface area (Å²) in [5.41, 5.74) is 0. The van der Waals surface area contributed by atoms with Crippen LogP contribution in [0.4, 0.5) is 0 Å². The maximum absolute atomic E-state index is 12.2. The molecule has 2 bridgehead atoms. The van der Waals surface area contributed by atoms with Crippen LogP contribution < -0.4 is 5.32 Å². The maximum atomic E-state index is 12.2. The predicted molar refractivity (Wildman–Crippen MR) is 74.6 cm³/mol. The lowest BCUT2D eigenvalue weighted by Crippen LogP contribution is -2.44. The van der Waals surface area contributed by atoms with Crippen LogP contribution >= 0.6 is 0 Å². The summed E-state index contributed by atoms with van der Waals surface area (Å²) in [5.74, 6) is 3.27. The molecule has 2 aliphatic heterocycles. The van der Waals surface area contributed by atoms with Gasteiger partial charge < -0.3 is 10.2 Å². The summed E-state index contributed by atoms with van der Waals surface area (Å²) >= 11 is 0. The fourth-order valence-corrected chi connectivity index (χ4v) is 5.01. The Morgan fingerprint density at radius 2 is 1.68 bits per heavy atom. The highest BCUT2D eigenvalue weighted by molar-refractivity contribution is 5.79. The van der Waals surface area contributed by atoms with E-state index in [0.717, 1.165) is 36.4 Å². The van der Waals surface area contributed by atoms with E-state index >= 15 is 0 Å². The number of hydrogen-bond acceptors (Lipinski definition) is 2. The van der Waals surface area contributed by atoms with E-state index in [1.807, 2.05) is 0 Å². The molecule has 2 saturated carbocycles.